The van der Waals surface area contributed by atoms with E-state index in [2.05, 4.69) is 36.5 Å². The monoisotopic (exact) mass is 252 g/mol. The summed E-state index contributed by atoms with van der Waals surface area (Å²) in [5.74, 6) is 1.08. The average molecular weight is 252 g/mol. The van der Waals surface area contributed by atoms with Gasteiger partial charge in [0, 0.05) is 17.9 Å². The van der Waals surface area contributed by atoms with Crippen LogP contribution in [-0.2, 0) is 4.79 Å². The maximum atomic E-state index is 11.4. The van der Waals surface area contributed by atoms with Crippen LogP contribution in [0.25, 0.3) is 0 Å². The van der Waals surface area contributed by atoms with Crippen molar-refractivity contribution >= 4 is 17.7 Å². The number of nitrogens with one attached hydrogen (secondary N) is 1. The SMILES string of the molecule is CCSc1ccc(C(C)NC(=O)CCN)cc1. The van der Waals surface area contributed by atoms with Gasteiger partial charge in [-0.2, -0.15) is 0 Å². The summed E-state index contributed by atoms with van der Waals surface area (Å²) >= 11 is 1.81. The molecule has 1 amide bonds. The van der Waals surface area contributed by atoms with Crippen LogP contribution >= 0.6 is 11.8 Å². The van der Waals surface area contributed by atoms with Crippen molar-refractivity contribution in [3.63, 3.8) is 0 Å². The summed E-state index contributed by atoms with van der Waals surface area (Å²) in [7, 11) is 0. The summed E-state index contributed by atoms with van der Waals surface area (Å²) in [6.45, 7) is 4.51. The Morgan fingerprint density at radius 3 is 2.59 bits per heavy atom. The fourth-order valence-electron chi connectivity index (χ4n) is 1.55. The Labute approximate surface area is 107 Å². The summed E-state index contributed by atoms with van der Waals surface area (Å²) in [5, 5.41) is 2.92. The van der Waals surface area contributed by atoms with Gasteiger partial charge in [-0.3, -0.25) is 4.79 Å². The number of hydrogen-bond acceptors (Lipinski definition) is 3. The molecule has 1 unspecified atom stereocenters. The molecule has 0 bridgehead atoms. The summed E-state index contributed by atoms with van der Waals surface area (Å²) in [4.78, 5) is 12.7. The zero-order valence-corrected chi connectivity index (χ0v) is 11.2. The van der Waals surface area contributed by atoms with Gasteiger partial charge in [0.25, 0.3) is 0 Å². The van der Waals surface area contributed by atoms with Gasteiger partial charge < -0.3 is 11.1 Å². The van der Waals surface area contributed by atoms with Gasteiger partial charge in [-0.05, 0) is 30.4 Å². The molecule has 0 aliphatic heterocycles. The molecule has 1 atom stereocenters. The third kappa shape index (κ3) is 4.79. The lowest BCUT2D eigenvalue weighted by atomic mass is 10.1. The average Bonchev–Trinajstić information content (AvgIpc) is 2.30. The van der Waals surface area contributed by atoms with Gasteiger partial charge in [0.1, 0.15) is 0 Å². The van der Waals surface area contributed by atoms with Crippen LogP contribution in [0.5, 0.6) is 0 Å². The Kier molecular flexibility index (Phi) is 6.08. The van der Waals surface area contributed by atoms with E-state index >= 15 is 0 Å². The van der Waals surface area contributed by atoms with E-state index in [4.69, 9.17) is 5.73 Å². The normalized spacial score (nSPS) is 12.2. The first-order valence-electron chi connectivity index (χ1n) is 5.89. The second-order valence-corrected chi connectivity index (χ2v) is 5.17. The minimum absolute atomic E-state index is 0.00649. The first-order valence-corrected chi connectivity index (χ1v) is 6.88. The molecule has 0 saturated heterocycles. The Balaban J connectivity index is 2.56. The Morgan fingerprint density at radius 2 is 2.06 bits per heavy atom. The molecule has 1 aromatic carbocycles. The minimum atomic E-state index is 0.00649. The van der Waals surface area contributed by atoms with Crippen molar-refractivity contribution in [2.75, 3.05) is 12.3 Å². The van der Waals surface area contributed by atoms with Crippen LogP contribution in [0, 0.1) is 0 Å². The minimum Gasteiger partial charge on any atom is -0.350 e. The van der Waals surface area contributed by atoms with Crippen molar-refractivity contribution in [3.05, 3.63) is 29.8 Å². The molecule has 1 rings (SSSR count). The summed E-state index contributed by atoms with van der Waals surface area (Å²) in [6.07, 6.45) is 0.383. The van der Waals surface area contributed by atoms with Crippen molar-refractivity contribution in [3.8, 4) is 0 Å². The molecule has 0 heterocycles. The van der Waals surface area contributed by atoms with Crippen LogP contribution in [0.15, 0.2) is 29.2 Å². The van der Waals surface area contributed by atoms with Crippen LogP contribution in [0.2, 0.25) is 0 Å². The highest BCUT2D eigenvalue weighted by atomic mass is 32.2. The summed E-state index contributed by atoms with van der Waals surface area (Å²) < 4.78 is 0. The number of carbonyl (C=O) groups excluding carboxylic acids is 1. The molecule has 0 fully saturated rings. The van der Waals surface area contributed by atoms with E-state index in [0.29, 0.717) is 13.0 Å². The maximum absolute atomic E-state index is 11.4. The van der Waals surface area contributed by atoms with Gasteiger partial charge in [0.2, 0.25) is 5.91 Å². The zero-order chi connectivity index (χ0) is 12.7. The molecule has 0 radical (unpaired) electrons. The van der Waals surface area contributed by atoms with Crippen LogP contribution < -0.4 is 11.1 Å². The predicted octanol–water partition coefficient (Wildman–Crippen LogP) is 2.32. The van der Waals surface area contributed by atoms with E-state index in [-0.39, 0.29) is 11.9 Å². The second kappa shape index (κ2) is 7.35. The smallest absolute Gasteiger partial charge is 0.221 e. The van der Waals surface area contributed by atoms with E-state index in [1.165, 1.54) is 4.90 Å². The third-order valence-electron chi connectivity index (χ3n) is 2.44. The summed E-state index contributed by atoms with van der Waals surface area (Å²) in [6, 6.07) is 8.34. The quantitative estimate of drug-likeness (QED) is 0.764. The van der Waals surface area contributed by atoms with Crippen molar-refractivity contribution in [1.82, 2.24) is 5.32 Å². The Bertz CT molecular complexity index is 351. The molecule has 0 aliphatic carbocycles. The number of amides is 1. The Morgan fingerprint density at radius 1 is 1.41 bits per heavy atom. The van der Waals surface area contributed by atoms with Gasteiger partial charge in [-0.25, -0.2) is 0 Å². The van der Waals surface area contributed by atoms with Crippen LogP contribution in [0.4, 0.5) is 0 Å². The fourth-order valence-corrected chi connectivity index (χ4v) is 2.21. The van der Waals surface area contributed by atoms with Gasteiger partial charge in [0.05, 0.1) is 6.04 Å². The van der Waals surface area contributed by atoms with Crippen LogP contribution in [-0.4, -0.2) is 18.2 Å². The van der Waals surface area contributed by atoms with Crippen LogP contribution in [0.3, 0.4) is 0 Å². The van der Waals surface area contributed by atoms with Crippen molar-refractivity contribution in [2.45, 2.75) is 31.2 Å². The molecular weight excluding hydrogens is 232 g/mol. The van der Waals surface area contributed by atoms with Gasteiger partial charge in [0.15, 0.2) is 0 Å². The molecule has 0 aliphatic rings. The molecule has 0 spiro atoms. The number of hydrogen-bond donors (Lipinski definition) is 2. The molecule has 3 nitrogen and oxygen atoms in total. The Hall–Kier alpha value is -1.00. The molecular formula is C13H20N2OS. The second-order valence-electron chi connectivity index (χ2n) is 3.83. The standard InChI is InChI=1S/C13H20N2OS/c1-3-17-12-6-4-11(5-7-12)10(2)15-13(16)8-9-14/h4-7,10H,3,8-9,14H2,1-2H3,(H,15,16). The van der Waals surface area contributed by atoms with Gasteiger partial charge >= 0.3 is 0 Å². The largest absolute Gasteiger partial charge is 0.350 e. The van der Waals surface area contributed by atoms with Gasteiger partial charge in [-0.1, -0.05) is 19.1 Å². The van der Waals surface area contributed by atoms with Crippen molar-refractivity contribution < 1.29 is 4.79 Å². The third-order valence-corrected chi connectivity index (χ3v) is 3.33. The molecule has 0 saturated carbocycles. The molecule has 3 N–H and O–H groups in total. The topological polar surface area (TPSA) is 55.1 Å². The highest BCUT2D eigenvalue weighted by Crippen LogP contribution is 2.20. The van der Waals surface area contributed by atoms with Crippen LogP contribution in [0.1, 0.15) is 31.9 Å². The highest BCUT2D eigenvalue weighted by Gasteiger charge is 2.08. The van der Waals surface area contributed by atoms with E-state index < -0.39 is 0 Å². The molecule has 4 heteroatoms. The van der Waals surface area contributed by atoms with Crippen molar-refractivity contribution in [1.29, 1.82) is 0 Å². The zero-order valence-electron chi connectivity index (χ0n) is 10.4. The van der Waals surface area contributed by atoms with E-state index in [1.807, 2.05) is 18.7 Å². The first kappa shape index (κ1) is 14.1. The number of nitrogens with two attached hydrogens (primary N) is 1. The highest BCUT2D eigenvalue weighted by molar-refractivity contribution is 7.99. The maximum Gasteiger partial charge on any atom is 0.221 e. The number of rotatable bonds is 6. The molecule has 0 aromatic heterocycles. The number of benzene rings is 1. The van der Waals surface area contributed by atoms with E-state index in [1.54, 1.807) is 0 Å². The lowest BCUT2D eigenvalue weighted by Gasteiger charge is -2.14. The van der Waals surface area contributed by atoms with Gasteiger partial charge in [-0.15, -0.1) is 11.8 Å². The van der Waals surface area contributed by atoms with E-state index in [9.17, 15) is 4.79 Å². The molecule has 17 heavy (non-hydrogen) atoms. The summed E-state index contributed by atoms with van der Waals surface area (Å²) in [5.41, 5.74) is 6.45. The molecule has 1 aromatic rings. The lowest BCUT2D eigenvalue weighted by Crippen LogP contribution is -2.28. The molecule has 94 valence electrons. The number of carbonyl (C=O) groups is 1. The fraction of sp³-hybridized carbons (Fsp3) is 0.462. The number of thioether (sulfide) groups is 1. The van der Waals surface area contributed by atoms with E-state index in [0.717, 1.165) is 11.3 Å². The lowest BCUT2D eigenvalue weighted by molar-refractivity contribution is -0.121. The van der Waals surface area contributed by atoms with Crippen molar-refractivity contribution in [2.24, 2.45) is 5.73 Å². The predicted molar refractivity (Wildman–Crippen MR) is 73.1 cm³/mol. The first-order chi connectivity index (χ1) is 8.17.